The van der Waals surface area contributed by atoms with Crippen LogP contribution in [0.4, 0.5) is 0 Å². The van der Waals surface area contributed by atoms with E-state index in [0.717, 1.165) is 15.5 Å². The monoisotopic (exact) mass is 230 g/mol. The summed E-state index contributed by atoms with van der Waals surface area (Å²) < 4.78 is 0. The Kier molecular flexibility index (Phi) is 4.30. The molecule has 14 heavy (non-hydrogen) atoms. The highest BCUT2D eigenvalue weighted by Crippen LogP contribution is 2.32. The molecule has 3 heteroatoms. The summed E-state index contributed by atoms with van der Waals surface area (Å²) in [6.45, 7) is 5.99. The van der Waals surface area contributed by atoms with Gasteiger partial charge in [0, 0.05) is 10.1 Å². The minimum absolute atomic E-state index is 0.453. The largest absolute Gasteiger partial charge is 0.389 e. The lowest BCUT2D eigenvalue weighted by atomic mass is 10.1. The van der Waals surface area contributed by atoms with Gasteiger partial charge in [0.15, 0.2) is 0 Å². The van der Waals surface area contributed by atoms with Gasteiger partial charge in [-0.25, -0.2) is 0 Å². The van der Waals surface area contributed by atoms with E-state index in [0.29, 0.717) is 5.25 Å². The SMILES string of the molecule is CC(C)Sc1ccc(C(C)O)cc1Cl. The second kappa shape index (κ2) is 5.06. The third kappa shape index (κ3) is 3.19. The molecule has 1 nitrogen and oxygen atoms in total. The molecule has 1 atom stereocenters. The quantitative estimate of drug-likeness (QED) is 0.795. The molecule has 0 radical (unpaired) electrons. The predicted molar refractivity (Wildman–Crippen MR) is 63.1 cm³/mol. The zero-order chi connectivity index (χ0) is 10.7. The second-order valence-corrected chi connectivity index (χ2v) is 5.56. The van der Waals surface area contributed by atoms with Crippen molar-refractivity contribution < 1.29 is 5.11 Å². The fourth-order valence-electron chi connectivity index (χ4n) is 1.13. The van der Waals surface area contributed by atoms with Crippen LogP contribution in [0.5, 0.6) is 0 Å². The number of rotatable bonds is 3. The molecule has 0 spiro atoms. The molecule has 1 rings (SSSR count). The third-order valence-electron chi connectivity index (χ3n) is 1.80. The first-order valence-corrected chi connectivity index (χ1v) is 5.90. The first-order valence-electron chi connectivity index (χ1n) is 4.65. The molecule has 1 aromatic carbocycles. The molecule has 78 valence electrons. The molecule has 0 saturated carbocycles. The molecule has 0 aliphatic heterocycles. The lowest BCUT2D eigenvalue weighted by Gasteiger charge is -2.10. The van der Waals surface area contributed by atoms with E-state index >= 15 is 0 Å². The van der Waals surface area contributed by atoms with Gasteiger partial charge in [-0.05, 0) is 24.6 Å². The molecular formula is C11H15ClOS. The van der Waals surface area contributed by atoms with Crippen LogP contribution in [0.25, 0.3) is 0 Å². The fourth-order valence-corrected chi connectivity index (χ4v) is 2.28. The summed E-state index contributed by atoms with van der Waals surface area (Å²) in [5.41, 5.74) is 0.864. The van der Waals surface area contributed by atoms with E-state index in [1.807, 2.05) is 18.2 Å². The van der Waals surface area contributed by atoms with Crippen LogP contribution in [-0.4, -0.2) is 10.4 Å². The van der Waals surface area contributed by atoms with E-state index in [-0.39, 0.29) is 0 Å². The Morgan fingerprint density at radius 3 is 2.36 bits per heavy atom. The number of aliphatic hydroxyl groups is 1. The minimum atomic E-state index is -0.453. The van der Waals surface area contributed by atoms with Gasteiger partial charge < -0.3 is 5.11 Å². The summed E-state index contributed by atoms with van der Waals surface area (Å²) in [5, 5.41) is 10.6. The number of thioether (sulfide) groups is 1. The molecule has 1 aromatic rings. The van der Waals surface area contributed by atoms with Gasteiger partial charge in [-0.3, -0.25) is 0 Å². The Bertz CT molecular complexity index is 310. The molecule has 0 aliphatic carbocycles. The fraction of sp³-hybridized carbons (Fsp3) is 0.455. The molecular weight excluding hydrogens is 216 g/mol. The van der Waals surface area contributed by atoms with Gasteiger partial charge in [0.25, 0.3) is 0 Å². The van der Waals surface area contributed by atoms with Crippen molar-refractivity contribution in [2.75, 3.05) is 0 Å². The summed E-state index contributed by atoms with van der Waals surface area (Å²) >= 11 is 7.82. The Hall–Kier alpha value is -0.180. The number of aliphatic hydroxyl groups excluding tert-OH is 1. The summed E-state index contributed by atoms with van der Waals surface area (Å²) in [5.74, 6) is 0. The van der Waals surface area contributed by atoms with Crippen LogP contribution in [0.1, 0.15) is 32.4 Å². The molecule has 0 fully saturated rings. The van der Waals surface area contributed by atoms with Gasteiger partial charge in [-0.1, -0.05) is 31.5 Å². The normalized spacial score (nSPS) is 13.3. The van der Waals surface area contributed by atoms with Gasteiger partial charge in [-0.2, -0.15) is 0 Å². The van der Waals surface area contributed by atoms with Crippen molar-refractivity contribution in [3.8, 4) is 0 Å². The number of hydrogen-bond acceptors (Lipinski definition) is 2. The maximum atomic E-state index is 9.36. The molecule has 1 unspecified atom stereocenters. The van der Waals surface area contributed by atoms with Gasteiger partial charge in [-0.15, -0.1) is 11.8 Å². The molecule has 0 bridgehead atoms. The van der Waals surface area contributed by atoms with Crippen LogP contribution in [-0.2, 0) is 0 Å². The highest BCUT2D eigenvalue weighted by molar-refractivity contribution is 8.00. The number of hydrogen-bond donors (Lipinski definition) is 1. The number of benzene rings is 1. The van der Waals surface area contributed by atoms with Gasteiger partial charge >= 0.3 is 0 Å². The van der Waals surface area contributed by atoms with Crippen molar-refractivity contribution in [1.29, 1.82) is 0 Å². The Balaban J connectivity index is 2.90. The number of halogens is 1. The first kappa shape index (κ1) is 11.9. The average molecular weight is 231 g/mol. The van der Waals surface area contributed by atoms with Crippen molar-refractivity contribution in [3.05, 3.63) is 28.8 Å². The second-order valence-electron chi connectivity index (χ2n) is 3.53. The van der Waals surface area contributed by atoms with Crippen molar-refractivity contribution in [3.63, 3.8) is 0 Å². The Morgan fingerprint density at radius 2 is 1.93 bits per heavy atom. The maximum Gasteiger partial charge on any atom is 0.0762 e. The van der Waals surface area contributed by atoms with E-state index in [1.165, 1.54) is 0 Å². The zero-order valence-electron chi connectivity index (χ0n) is 8.62. The maximum absolute atomic E-state index is 9.36. The molecule has 1 N–H and O–H groups in total. The summed E-state index contributed by atoms with van der Waals surface area (Å²) in [7, 11) is 0. The Labute approximate surface area is 94.5 Å². The predicted octanol–water partition coefficient (Wildman–Crippen LogP) is 3.89. The highest BCUT2D eigenvalue weighted by Gasteiger charge is 2.07. The lowest BCUT2D eigenvalue weighted by Crippen LogP contribution is -1.92. The molecule has 0 amide bonds. The topological polar surface area (TPSA) is 20.2 Å². The third-order valence-corrected chi connectivity index (χ3v) is 3.31. The summed E-state index contributed by atoms with van der Waals surface area (Å²) in [6.07, 6.45) is -0.453. The van der Waals surface area contributed by atoms with Crippen LogP contribution >= 0.6 is 23.4 Å². The van der Waals surface area contributed by atoms with E-state index in [9.17, 15) is 5.11 Å². The van der Waals surface area contributed by atoms with Gasteiger partial charge in [0.05, 0.1) is 11.1 Å². The average Bonchev–Trinajstić information content (AvgIpc) is 2.07. The molecule has 0 heterocycles. The molecule has 0 saturated heterocycles. The minimum Gasteiger partial charge on any atom is -0.389 e. The summed E-state index contributed by atoms with van der Waals surface area (Å²) in [6, 6.07) is 5.72. The van der Waals surface area contributed by atoms with E-state index in [1.54, 1.807) is 18.7 Å². The van der Waals surface area contributed by atoms with Crippen LogP contribution < -0.4 is 0 Å². The zero-order valence-corrected chi connectivity index (χ0v) is 10.2. The summed E-state index contributed by atoms with van der Waals surface area (Å²) in [4.78, 5) is 1.08. The van der Waals surface area contributed by atoms with Crippen molar-refractivity contribution in [1.82, 2.24) is 0 Å². The standard InChI is InChI=1S/C11H15ClOS/c1-7(2)14-11-5-4-9(8(3)13)6-10(11)12/h4-8,13H,1-3H3. The van der Waals surface area contributed by atoms with Crippen LogP contribution in [0, 0.1) is 0 Å². The smallest absolute Gasteiger partial charge is 0.0762 e. The molecule has 0 aliphatic rings. The highest BCUT2D eigenvalue weighted by atomic mass is 35.5. The van der Waals surface area contributed by atoms with Crippen LogP contribution in [0.2, 0.25) is 5.02 Å². The van der Waals surface area contributed by atoms with Crippen LogP contribution in [0.15, 0.2) is 23.1 Å². The molecule has 0 aromatic heterocycles. The van der Waals surface area contributed by atoms with E-state index in [2.05, 4.69) is 13.8 Å². The first-order chi connectivity index (χ1) is 6.50. The lowest BCUT2D eigenvalue weighted by molar-refractivity contribution is 0.199. The van der Waals surface area contributed by atoms with Gasteiger partial charge in [0.2, 0.25) is 0 Å². The van der Waals surface area contributed by atoms with E-state index < -0.39 is 6.10 Å². The van der Waals surface area contributed by atoms with Crippen molar-refractivity contribution in [2.24, 2.45) is 0 Å². The van der Waals surface area contributed by atoms with Crippen molar-refractivity contribution >= 4 is 23.4 Å². The van der Waals surface area contributed by atoms with Crippen molar-refractivity contribution in [2.45, 2.75) is 37.0 Å². The van der Waals surface area contributed by atoms with Gasteiger partial charge in [0.1, 0.15) is 0 Å². The Morgan fingerprint density at radius 1 is 1.29 bits per heavy atom. The van der Waals surface area contributed by atoms with Crippen LogP contribution in [0.3, 0.4) is 0 Å². The van der Waals surface area contributed by atoms with E-state index in [4.69, 9.17) is 11.6 Å².